The van der Waals surface area contributed by atoms with E-state index in [4.69, 9.17) is 46.4 Å². The summed E-state index contributed by atoms with van der Waals surface area (Å²) in [7, 11) is -3.91. The molecule has 3 nitrogen and oxygen atoms in total. The van der Waals surface area contributed by atoms with E-state index in [0.717, 1.165) is 0 Å². The molecular formula is C15H7Cl4NO2S. The predicted molar refractivity (Wildman–Crippen MR) is 93.7 cm³/mol. The predicted octanol–water partition coefficient (Wildman–Crippen LogP) is 5.68. The van der Waals surface area contributed by atoms with Crippen LogP contribution in [0.5, 0.6) is 0 Å². The Balaban J connectivity index is 2.26. The third kappa shape index (κ3) is 3.14. The number of halogens is 4. The van der Waals surface area contributed by atoms with Gasteiger partial charge in [-0.2, -0.15) is 0 Å². The van der Waals surface area contributed by atoms with E-state index in [1.54, 1.807) is 18.2 Å². The van der Waals surface area contributed by atoms with Crippen LogP contribution >= 0.6 is 46.4 Å². The number of sulfone groups is 1. The molecule has 0 fully saturated rings. The Morgan fingerprint density at radius 3 is 2.13 bits per heavy atom. The second-order valence-electron chi connectivity index (χ2n) is 4.71. The Hall–Kier alpha value is -1.04. The van der Waals surface area contributed by atoms with E-state index >= 15 is 0 Å². The first-order valence-corrected chi connectivity index (χ1v) is 9.23. The first-order valence-electron chi connectivity index (χ1n) is 6.24. The van der Waals surface area contributed by atoms with Gasteiger partial charge in [-0.15, -0.1) is 0 Å². The summed E-state index contributed by atoms with van der Waals surface area (Å²) in [5.74, 6) is 0. The molecule has 0 saturated heterocycles. The van der Waals surface area contributed by atoms with Crippen molar-refractivity contribution in [2.75, 3.05) is 0 Å². The van der Waals surface area contributed by atoms with Gasteiger partial charge in [-0.1, -0.05) is 46.4 Å². The molecule has 1 heterocycles. The molecule has 23 heavy (non-hydrogen) atoms. The molecule has 0 aliphatic carbocycles. The van der Waals surface area contributed by atoms with Crippen LogP contribution in [0.4, 0.5) is 0 Å². The zero-order chi connectivity index (χ0) is 16.8. The number of pyridine rings is 1. The number of hydrogen-bond donors (Lipinski definition) is 0. The number of rotatable bonds is 2. The fraction of sp³-hybridized carbons (Fsp3) is 0. The van der Waals surface area contributed by atoms with Gasteiger partial charge in [-0.05, 0) is 36.4 Å². The Bertz CT molecular complexity index is 1010. The van der Waals surface area contributed by atoms with Gasteiger partial charge in [-0.25, -0.2) is 8.42 Å². The lowest BCUT2D eigenvalue weighted by Crippen LogP contribution is -2.04. The standard InChI is InChI=1S/C15H7Cl4NO2S/c16-8-1-2-12-13(6-8)20-7-14(15(12)19)23(21,22)11-4-9(17)3-10(18)5-11/h1-7H. The van der Waals surface area contributed by atoms with E-state index in [9.17, 15) is 8.42 Å². The van der Waals surface area contributed by atoms with Gasteiger partial charge in [-0.3, -0.25) is 4.98 Å². The third-order valence-corrected chi connectivity index (χ3v) is 6.11. The van der Waals surface area contributed by atoms with E-state index in [1.807, 2.05) is 0 Å². The van der Waals surface area contributed by atoms with Gasteiger partial charge < -0.3 is 0 Å². The molecule has 0 saturated carbocycles. The molecule has 0 aliphatic rings. The zero-order valence-corrected chi connectivity index (χ0v) is 15.1. The largest absolute Gasteiger partial charge is 0.255 e. The van der Waals surface area contributed by atoms with Crippen LogP contribution in [0.25, 0.3) is 10.9 Å². The highest BCUT2D eigenvalue weighted by atomic mass is 35.5. The average molecular weight is 407 g/mol. The minimum Gasteiger partial charge on any atom is -0.255 e. The Morgan fingerprint density at radius 1 is 0.826 bits per heavy atom. The first kappa shape index (κ1) is 16.8. The van der Waals surface area contributed by atoms with Crippen LogP contribution in [-0.4, -0.2) is 13.4 Å². The molecule has 8 heteroatoms. The van der Waals surface area contributed by atoms with Gasteiger partial charge in [0.05, 0.1) is 15.4 Å². The summed E-state index contributed by atoms with van der Waals surface area (Å²) in [5.41, 5.74) is 0.505. The summed E-state index contributed by atoms with van der Waals surface area (Å²) in [6, 6.07) is 8.91. The molecule has 0 atom stereocenters. The third-order valence-electron chi connectivity index (χ3n) is 3.17. The quantitative estimate of drug-likeness (QED) is 0.549. The summed E-state index contributed by atoms with van der Waals surface area (Å²) < 4.78 is 25.6. The molecule has 3 rings (SSSR count). The van der Waals surface area contributed by atoms with Gasteiger partial charge >= 0.3 is 0 Å². The minimum absolute atomic E-state index is 0.0491. The molecule has 3 aromatic rings. The van der Waals surface area contributed by atoms with Gasteiger partial charge in [0.2, 0.25) is 9.84 Å². The minimum atomic E-state index is -3.91. The molecule has 0 unspecified atom stereocenters. The second-order valence-corrected chi connectivity index (χ2v) is 8.31. The Labute approximate surface area is 152 Å². The molecule has 2 aromatic carbocycles. The molecule has 0 bridgehead atoms. The van der Waals surface area contributed by atoms with Gasteiger partial charge in [0.15, 0.2) is 0 Å². The van der Waals surface area contributed by atoms with Crippen molar-refractivity contribution in [3.05, 3.63) is 62.7 Å². The highest BCUT2D eigenvalue weighted by Gasteiger charge is 2.24. The monoisotopic (exact) mass is 405 g/mol. The van der Waals surface area contributed by atoms with Crippen LogP contribution in [0.3, 0.4) is 0 Å². The molecule has 0 radical (unpaired) electrons. The number of aromatic nitrogens is 1. The lowest BCUT2D eigenvalue weighted by atomic mass is 10.2. The normalized spacial score (nSPS) is 11.8. The van der Waals surface area contributed by atoms with Gasteiger partial charge in [0.25, 0.3) is 0 Å². The number of fused-ring (bicyclic) bond motifs is 1. The van der Waals surface area contributed by atoms with E-state index < -0.39 is 9.84 Å². The molecular weight excluding hydrogens is 400 g/mol. The van der Waals surface area contributed by atoms with Gasteiger partial charge in [0, 0.05) is 26.7 Å². The highest BCUT2D eigenvalue weighted by Crippen LogP contribution is 2.34. The molecule has 0 amide bonds. The van der Waals surface area contributed by atoms with Crippen LogP contribution in [0, 0.1) is 0 Å². The molecule has 0 N–H and O–H groups in total. The number of nitrogens with zero attached hydrogens (tertiary/aromatic N) is 1. The smallest absolute Gasteiger partial charge is 0.209 e. The second kappa shape index (κ2) is 6.11. The summed E-state index contributed by atoms with van der Waals surface area (Å²) >= 11 is 23.9. The SMILES string of the molecule is O=S(=O)(c1cc(Cl)cc(Cl)c1)c1cnc2cc(Cl)ccc2c1Cl. The van der Waals surface area contributed by atoms with E-state index in [0.29, 0.717) is 15.9 Å². The van der Waals surface area contributed by atoms with Crippen molar-refractivity contribution in [1.82, 2.24) is 4.98 Å². The number of benzene rings is 2. The van der Waals surface area contributed by atoms with Crippen molar-refractivity contribution in [2.45, 2.75) is 9.79 Å². The fourth-order valence-electron chi connectivity index (χ4n) is 2.11. The maximum absolute atomic E-state index is 12.8. The Kier molecular flexibility index (Phi) is 4.47. The summed E-state index contributed by atoms with van der Waals surface area (Å²) in [4.78, 5) is 3.96. The van der Waals surface area contributed by atoms with E-state index in [-0.39, 0.29) is 24.9 Å². The van der Waals surface area contributed by atoms with E-state index in [2.05, 4.69) is 4.98 Å². The maximum atomic E-state index is 12.8. The van der Waals surface area contributed by atoms with Gasteiger partial charge in [0.1, 0.15) is 4.90 Å². The van der Waals surface area contributed by atoms with Crippen LogP contribution in [-0.2, 0) is 9.84 Å². The van der Waals surface area contributed by atoms with Crippen LogP contribution < -0.4 is 0 Å². The van der Waals surface area contributed by atoms with Crippen molar-refractivity contribution in [3.63, 3.8) is 0 Å². The summed E-state index contributed by atoms with van der Waals surface area (Å²) in [6.07, 6.45) is 1.20. The Morgan fingerprint density at radius 2 is 1.48 bits per heavy atom. The summed E-state index contributed by atoms with van der Waals surface area (Å²) in [5, 5.41) is 1.48. The van der Waals surface area contributed by atoms with Crippen molar-refractivity contribution in [1.29, 1.82) is 0 Å². The van der Waals surface area contributed by atoms with Crippen LogP contribution in [0.15, 0.2) is 52.4 Å². The molecule has 1 aromatic heterocycles. The molecule has 0 aliphatic heterocycles. The number of hydrogen-bond acceptors (Lipinski definition) is 3. The molecule has 0 spiro atoms. The van der Waals surface area contributed by atoms with Crippen molar-refractivity contribution in [3.8, 4) is 0 Å². The van der Waals surface area contributed by atoms with Crippen molar-refractivity contribution in [2.24, 2.45) is 0 Å². The lowest BCUT2D eigenvalue weighted by Gasteiger charge is -2.09. The lowest BCUT2D eigenvalue weighted by molar-refractivity contribution is 0.596. The van der Waals surface area contributed by atoms with Crippen LogP contribution in [0.2, 0.25) is 20.1 Å². The maximum Gasteiger partial charge on any atom is 0.209 e. The van der Waals surface area contributed by atoms with Crippen molar-refractivity contribution >= 4 is 67.1 Å². The first-order chi connectivity index (χ1) is 10.8. The topological polar surface area (TPSA) is 47.0 Å². The van der Waals surface area contributed by atoms with Crippen molar-refractivity contribution < 1.29 is 8.42 Å². The highest BCUT2D eigenvalue weighted by molar-refractivity contribution is 7.91. The van der Waals surface area contributed by atoms with E-state index in [1.165, 1.54) is 24.4 Å². The fourth-order valence-corrected chi connectivity index (χ4v) is 4.80. The van der Waals surface area contributed by atoms with Crippen LogP contribution in [0.1, 0.15) is 0 Å². The zero-order valence-electron chi connectivity index (χ0n) is 11.2. The molecule has 118 valence electrons. The average Bonchev–Trinajstić information content (AvgIpc) is 2.46. The summed E-state index contributed by atoms with van der Waals surface area (Å²) in [6.45, 7) is 0.